The lowest BCUT2D eigenvalue weighted by molar-refractivity contribution is -0.142. The Morgan fingerprint density at radius 1 is 1.57 bits per heavy atom. The van der Waals surface area contributed by atoms with Crippen molar-refractivity contribution >= 4 is 5.97 Å². The van der Waals surface area contributed by atoms with Crippen LogP contribution in [0.3, 0.4) is 0 Å². The van der Waals surface area contributed by atoms with Crippen LogP contribution < -0.4 is 5.32 Å². The average Bonchev–Trinajstić information content (AvgIpc) is 2.60. The van der Waals surface area contributed by atoms with Crippen LogP contribution in [0.1, 0.15) is 26.2 Å². The molecule has 0 aromatic heterocycles. The second-order valence-corrected chi connectivity index (χ2v) is 3.86. The number of carboxylic acids is 1. The van der Waals surface area contributed by atoms with Crippen molar-refractivity contribution in [2.75, 3.05) is 13.1 Å². The Morgan fingerprint density at radius 2 is 2.36 bits per heavy atom. The van der Waals surface area contributed by atoms with Crippen LogP contribution in [0.4, 0.5) is 0 Å². The van der Waals surface area contributed by atoms with E-state index >= 15 is 0 Å². The van der Waals surface area contributed by atoms with Gasteiger partial charge in [0.25, 0.3) is 0 Å². The number of rotatable bonds is 5. The third kappa shape index (κ3) is 3.14. The summed E-state index contributed by atoms with van der Waals surface area (Å²) in [5.41, 5.74) is 0. The summed E-state index contributed by atoms with van der Waals surface area (Å²) in [6, 6.07) is 0. The number of nitrogens with one attached hydrogen (secondary N) is 1. The van der Waals surface area contributed by atoms with Gasteiger partial charge in [-0.15, -0.1) is 0 Å². The normalized spacial score (nSPS) is 27.2. The molecule has 2 N–H and O–H groups in total. The first kappa shape index (κ1) is 11.2. The average molecular weight is 197 g/mol. The minimum Gasteiger partial charge on any atom is -0.481 e. The van der Waals surface area contributed by atoms with Crippen molar-refractivity contribution < 1.29 is 9.90 Å². The van der Waals surface area contributed by atoms with Crippen LogP contribution in [0, 0.1) is 11.8 Å². The zero-order valence-electron chi connectivity index (χ0n) is 8.70. The van der Waals surface area contributed by atoms with Gasteiger partial charge in [0.15, 0.2) is 0 Å². The van der Waals surface area contributed by atoms with Crippen LogP contribution in [0.5, 0.6) is 0 Å². The van der Waals surface area contributed by atoms with Crippen molar-refractivity contribution in [2.24, 2.45) is 11.8 Å². The third-order valence-corrected chi connectivity index (χ3v) is 2.88. The molecule has 2 unspecified atom stereocenters. The zero-order chi connectivity index (χ0) is 10.4. The molecule has 0 saturated heterocycles. The maximum absolute atomic E-state index is 10.9. The van der Waals surface area contributed by atoms with Gasteiger partial charge >= 0.3 is 5.97 Å². The second kappa shape index (κ2) is 5.81. The monoisotopic (exact) mass is 197 g/mol. The highest BCUT2D eigenvalue weighted by Gasteiger charge is 2.32. The Hall–Kier alpha value is -0.830. The first-order chi connectivity index (χ1) is 6.75. The lowest BCUT2D eigenvalue weighted by atomic mass is 9.96. The molecule has 2 atom stereocenters. The van der Waals surface area contributed by atoms with Gasteiger partial charge in [0.1, 0.15) is 0 Å². The van der Waals surface area contributed by atoms with Crippen LogP contribution in [0.25, 0.3) is 0 Å². The number of hydrogen-bond donors (Lipinski definition) is 2. The molecule has 0 radical (unpaired) electrons. The summed E-state index contributed by atoms with van der Waals surface area (Å²) < 4.78 is 0. The van der Waals surface area contributed by atoms with Gasteiger partial charge in [0.05, 0.1) is 5.92 Å². The zero-order valence-corrected chi connectivity index (χ0v) is 8.70. The number of aliphatic carboxylic acids is 1. The summed E-state index contributed by atoms with van der Waals surface area (Å²) in [7, 11) is 0. The lowest BCUT2D eigenvalue weighted by Crippen LogP contribution is -2.29. The largest absolute Gasteiger partial charge is 0.481 e. The van der Waals surface area contributed by atoms with Gasteiger partial charge in [-0.05, 0) is 32.2 Å². The second-order valence-electron chi connectivity index (χ2n) is 3.86. The molecule has 1 aliphatic rings. The van der Waals surface area contributed by atoms with E-state index in [1.165, 1.54) is 0 Å². The van der Waals surface area contributed by atoms with E-state index in [9.17, 15) is 4.79 Å². The quantitative estimate of drug-likeness (QED) is 0.520. The van der Waals surface area contributed by atoms with Crippen LogP contribution in [0.15, 0.2) is 12.2 Å². The van der Waals surface area contributed by atoms with Crippen LogP contribution >= 0.6 is 0 Å². The molecular formula is C11H19NO2. The molecule has 1 saturated carbocycles. The highest BCUT2D eigenvalue weighted by Crippen LogP contribution is 2.31. The smallest absolute Gasteiger partial charge is 0.306 e. The van der Waals surface area contributed by atoms with E-state index in [1.54, 1.807) is 0 Å². The van der Waals surface area contributed by atoms with Crippen LogP contribution in [-0.2, 0) is 4.79 Å². The van der Waals surface area contributed by atoms with Crippen molar-refractivity contribution in [1.82, 2.24) is 5.32 Å². The Balaban J connectivity index is 2.25. The molecule has 0 bridgehead atoms. The fourth-order valence-electron chi connectivity index (χ4n) is 2.08. The molecule has 1 fully saturated rings. The third-order valence-electron chi connectivity index (χ3n) is 2.88. The van der Waals surface area contributed by atoms with Crippen molar-refractivity contribution in [3.8, 4) is 0 Å². The first-order valence-corrected chi connectivity index (χ1v) is 5.30. The molecular weight excluding hydrogens is 178 g/mol. The number of carboxylic acid groups (broad SMARTS) is 1. The molecule has 1 rings (SSSR count). The number of carbonyl (C=O) groups is 1. The van der Waals surface area contributed by atoms with E-state index in [4.69, 9.17) is 5.11 Å². The Labute approximate surface area is 85.2 Å². The number of allylic oxidation sites excluding steroid dienone is 1. The molecule has 3 nitrogen and oxygen atoms in total. The van der Waals surface area contributed by atoms with Gasteiger partial charge in [0, 0.05) is 6.54 Å². The molecule has 3 heteroatoms. The van der Waals surface area contributed by atoms with Gasteiger partial charge in [-0.2, -0.15) is 0 Å². The Kier molecular flexibility index (Phi) is 4.66. The topological polar surface area (TPSA) is 49.3 Å². The maximum Gasteiger partial charge on any atom is 0.306 e. The number of hydrogen-bond acceptors (Lipinski definition) is 2. The fourth-order valence-corrected chi connectivity index (χ4v) is 2.08. The van der Waals surface area contributed by atoms with Crippen molar-refractivity contribution in [2.45, 2.75) is 26.2 Å². The van der Waals surface area contributed by atoms with Gasteiger partial charge < -0.3 is 10.4 Å². The molecule has 0 aromatic carbocycles. The van der Waals surface area contributed by atoms with E-state index in [-0.39, 0.29) is 5.92 Å². The fraction of sp³-hybridized carbons (Fsp3) is 0.727. The molecule has 1 aliphatic carbocycles. The summed E-state index contributed by atoms with van der Waals surface area (Å²) in [5.74, 6) is -0.411. The summed E-state index contributed by atoms with van der Waals surface area (Å²) in [4.78, 5) is 10.9. The lowest BCUT2D eigenvalue weighted by Gasteiger charge is -2.15. The Morgan fingerprint density at radius 3 is 3.00 bits per heavy atom. The van der Waals surface area contributed by atoms with Crippen molar-refractivity contribution in [1.29, 1.82) is 0 Å². The predicted octanol–water partition coefficient (Wildman–Crippen LogP) is 1.65. The highest BCUT2D eigenvalue weighted by atomic mass is 16.4. The van der Waals surface area contributed by atoms with E-state index in [0.29, 0.717) is 5.92 Å². The van der Waals surface area contributed by atoms with E-state index in [1.807, 2.05) is 19.1 Å². The minimum atomic E-state index is -0.625. The summed E-state index contributed by atoms with van der Waals surface area (Å²) in [5, 5.41) is 12.2. The van der Waals surface area contributed by atoms with Gasteiger partial charge in [0.2, 0.25) is 0 Å². The Bertz CT molecular complexity index is 213. The molecule has 0 aliphatic heterocycles. The predicted molar refractivity (Wildman–Crippen MR) is 56.2 cm³/mol. The maximum atomic E-state index is 10.9. The summed E-state index contributed by atoms with van der Waals surface area (Å²) in [6.07, 6.45) is 7.01. The van der Waals surface area contributed by atoms with Crippen LogP contribution in [0.2, 0.25) is 0 Å². The SMILES string of the molecule is CC=CCNCC1CCCC1C(=O)O. The minimum absolute atomic E-state index is 0.117. The van der Waals surface area contributed by atoms with Crippen molar-refractivity contribution in [3.63, 3.8) is 0 Å². The van der Waals surface area contributed by atoms with E-state index in [0.717, 1.165) is 32.4 Å². The molecule has 0 amide bonds. The molecule has 14 heavy (non-hydrogen) atoms. The standard InChI is InChI=1S/C11H19NO2/c1-2-3-7-12-8-9-5-4-6-10(9)11(13)14/h2-3,9-10,12H,4-8H2,1H3,(H,13,14). The summed E-state index contributed by atoms with van der Waals surface area (Å²) in [6.45, 7) is 3.66. The highest BCUT2D eigenvalue weighted by molar-refractivity contribution is 5.70. The summed E-state index contributed by atoms with van der Waals surface area (Å²) >= 11 is 0. The first-order valence-electron chi connectivity index (χ1n) is 5.30. The van der Waals surface area contributed by atoms with Gasteiger partial charge in [-0.3, -0.25) is 4.79 Å². The molecule has 0 spiro atoms. The van der Waals surface area contributed by atoms with Gasteiger partial charge in [-0.1, -0.05) is 18.6 Å². The molecule has 80 valence electrons. The van der Waals surface area contributed by atoms with Gasteiger partial charge in [-0.25, -0.2) is 0 Å². The molecule has 0 heterocycles. The van der Waals surface area contributed by atoms with E-state index < -0.39 is 5.97 Å². The van der Waals surface area contributed by atoms with Crippen molar-refractivity contribution in [3.05, 3.63) is 12.2 Å². The van der Waals surface area contributed by atoms with Crippen LogP contribution in [-0.4, -0.2) is 24.2 Å². The van der Waals surface area contributed by atoms with E-state index in [2.05, 4.69) is 5.32 Å². The molecule has 0 aromatic rings.